The van der Waals surface area contributed by atoms with Crippen LogP contribution in [0.15, 0.2) is 60.9 Å². The van der Waals surface area contributed by atoms with Gasteiger partial charge in [-0.05, 0) is 31.0 Å². The van der Waals surface area contributed by atoms with E-state index >= 15 is 0 Å². The highest BCUT2D eigenvalue weighted by Gasteiger charge is 2.19. The maximum atomic E-state index is 12.6. The van der Waals surface area contributed by atoms with Gasteiger partial charge in [-0.3, -0.25) is 4.79 Å². The third-order valence-electron chi connectivity index (χ3n) is 4.80. The van der Waals surface area contributed by atoms with Gasteiger partial charge in [-0.2, -0.15) is 5.10 Å². The maximum Gasteiger partial charge on any atom is 0.258 e. The number of carbonyl (C=O) groups is 1. The van der Waals surface area contributed by atoms with E-state index in [9.17, 15) is 4.79 Å². The second-order valence-corrected chi connectivity index (χ2v) is 6.71. The predicted octanol–water partition coefficient (Wildman–Crippen LogP) is 4.83. The molecule has 0 unspecified atom stereocenters. The van der Waals surface area contributed by atoms with Crippen LogP contribution >= 0.6 is 0 Å². The van der Waals surface area contributed by atoms with Gasteiger partial charge in [0.05, 0.1) is 17.8 Å². The van der Waals surface area contributed by atoms with Gasteiger partial charge in [0.2, 0.25) is 5.88 Å². The molecule has 138 valence electrons. The topological polar surface area (TPSA) is 69.0 Å². The fourth-order valence-electron chi connectivity index (χ4n) is 3.40. The van der Waals surface area contributed by atoms with Crippen molar-refractivity contribution in [3.63, 3.8) is 0 Å². The summed E-state index contributed by atoms with van der Waals surface area (Å²) in [4.78, 5) is 16.8. The Kier molecular flexibility index (Phi) is 5.14. The van der Waals surface area contributed by atoms with Gasteiger partial charge in [-0.15, -0.1) is 0 Å². The fraction of sp³-hybridized carbons (Fsp3) is 0.286. The number of rotatable bonds is 5. The van der Waals surface area contributed by atoms with Gasteiger partial charge in [-0.25, -0.2) is 9.67 Å². The number of amides is 1. The van der Waals surface area contributed by atoms with Crippen LogP contribution in [0, 0.1) is 0 Å². The number of hydrogen-bond donors (Lipinski definition) is 1. The lowest BCUT2D eigenvalue weighted by molar-refractivity contribution is 0.102. The molecule has 1 N–H and O–H groups in total. The van der Waals surface area contributed by atoms with Crippen molar-refractivity contribution in [1.29, 1.82) is 0 Å². The highest BCUT2D eigenvalue weighted by Crippen LogP contribution is 2.30. The van der Waals surface area contributed by atoms with Crippen molar-refractivity contribution in [2.75, 3.05) is 5.32 Å². The van der Waals surface area contributed by atoms with Crippen LogP contribution in [0.3, 0.4) is 0 Å². The number of benzene rings is 1. The minimum Gasteiger partial charge on any atom is -0.439 e. The molecular weight excluding hydrogens is 340 g/mol. The molecule has 1 amide bonds. The summed E-state index contributed by atoms with van der Waals surface area (Å²) in [5, 5.41) is 7.37. The normalized spacial score (nSPS) is 14.7. The van der Waals surface area contributed by atoms with Gasteiger partial charge in [0.1, 0.15) is 11.6 Å². The molecule has 0 spiro atoms. The van der Waals surface area contributed by atoms with Crippen LogP contribution in [0.1, 0.15) is 48.5 Å². The summed E-state index contributed by atoms with van der Waals surface area (Å²) in [5.74, 6) is 1.69. The molecule has 0 atom stereocenters. The Morgan fingerprint density at radius 1 is 1.04 bits per heavy atom. The lowest BCUT2D eigenvalue weighted by Crippen LogP contribution is -2.20. The quantitative estimate of drug-likeness (QED) is 0.706. The largest absolute Gasteiger partial charge is 0.439 e. The summed E-state index contributed by atoms with van der Waals surface area (Å²) < 4.78 is 7.60. The Labute approximate surface area is 158 Å². The molecule has 1 aliphatic carbocycles. The van der Waals surface area contributed by atoms with Crippen molar-refractivity contribution in [3.8, 4) is 11.6 Å². The van der Waals surface area contributed by atoms with E-state index in [1.807, 2.05) is 41.1 Å². The lowest BCUT2D eigenvalue weighted by atomic mass is 9.96. The van der Waals surface area contributed by atoms with E-state index in [1.54, 1.807) is 18.3 Å². The van der Waals surface area contributed by atoms with E-state index in [2.05, 4.69) is 15.4 Å². The summed E-state index contributed by atoms with van der Waals surface area (Å²) in [6, 6.07) is 15.0. The first-order valence-corrected chi connectivity index (χ1v) is 9.33. The molecule has 4 rings (SSSR count). The van der Waals surface area contributed by atoms with Crippen LogP contribution in [0.2, 0.25) is 0 Å². The van der Waals surface area contributed by atoms with E-state index in [1.165, 1.54) is 25.5 Å². The number of ether oxygens (including phenoxy) is 1. The average Bonchev–Trinajstić information content (AvgIpc) is 3.18. The van der Waals surface area contributed by atoms with Crippen molar-refractivity contribution in [2.24, 2.45) is 0 Å². The second kappa shape index (κ2) is 8.03. The van der Waals surface area contributed by atoms with Gasteiger partial charge in [0.25, 0.3) is 5.91 Å². The maximum absolute atomic E-state index is 12.6. The van der Waals surface area contributed by atoms with E-state index in [4.69, 9.17) is 4.74 Å². The second-order valence-electron chi connectivity index (χ2n) is 6.71. The summed E-state index contributed by atoms with van der Waals surface area (Å²) >= 11 is 0. The van der Waals surface area contributed by atoms with Gasteiger partial charge < -0.3 is 10.1 Å². The molecule has 1 aliphatic rings. The van der Waals surface area contributed by atoms with Gasteiger partial charge in [0, 0.05) is 18.3 Å². The average molecular weight is 362 g/mol. The number of nitrogens with zero attached hydrogens (tertiary/aromatic N) is 3. The molecule has 3 aromatic rings. The molecule has 6 nitrogen and oxygen atoms in total. The predicted molar refractivity (Wildman–Crippen MR) is 103 cm³/mol. The molecule has 0 aliphatic heterocycles. The summed E-state index contributed by atoms with van der Waals surface area (Å²) in [7, 11) is 0. The number of nitrogens with one attached hydrogen (secondary N) is 1. The summed E-state index contributed by atoms with van der Waals surface area (Å²) in [6.45, 7) is 0. The van der Waals surface area contributed by atoms with E-state index in [0.29, 0.717) is 23.2 Å². The third-order valence-corrected chi connectivity index (χ3v) is 4.80. The van der Waals surface area contributed by atoms with Crippen LogP contribution in [0.25, 0.3) is 0 Å². The third kappa shape index (κ3) is 4.16. The molecule has 2 heterocycles. The first-order chi connectivity index (χ1) is 13.3. The number of pyridine rings is 1. The van der Waals surface area contributed by atoms with Crippen LogP contribution in [0.4, 0.5) is 5.82 Å². The molecule has 0 bridgehead atoms. The first kappa shape index (κ1) is 17.3. The molecule has 1 fully saturated rings. The zero-order valence-corrected chi connectivity index (χ0v) is 15.0. The van der Waals surface area contributed by atoms with Crippen molar-refractivity contribution in [2.45, 2.75) is 38.1 Å². The van der Waals surface area contributed by atoms with Crippen LogP contribution in [0.5, 0.6) is 11.6 Å². The fourth-order valence-corrected chi connectivity index (χ4v) is 3.40. The molecule has 0 radical (unpaired) electrons. The zero-order chi connectivity index (χ0) is 18.5. The van der Waals surface area contributed by atoms with Crippen molar-refractivity contribution in [1.82, 2.24) is 14.8 Å². The molecule has 1 aromatic carbocycles. The van der Waals surface area contributed by atoms with Crippen LogP contribution in [-0.2, 0) is 0 Å². The van der Waals surface area contributed by atoms with Crippen molar-refractivity contribution >= 4 is 11.7 Å². The monoisotopic (exact) mass is 362 g/mol. The highest BCUT2D eigenvalue weighted by atomic mass is 16.5. The minimum atomic E-state index is -0.202. The number of carbonyl (C=O) groups excluding carboxylic acids is 1. The standard InChI is InChI=1S/C21H22N4O2/c26-21(24-19-13-14-23-25(19)17-7-3-1-4-8-17)16-11-12-20(22-15-16)27-18-9-5-2-6-10-18/h2,5-6,9-15,17H,1,3-4,7-8H2,(H,24,26). The molecule has 0 saturated heterocycles. The van der Waals surface area contributed by atoms with E-state index in [-0.39, 0.29) is 5.91 Å². The van der Waals surface area contributed by atoms with Gasteiger partial charge in [-0.1, -0.05) is 37.5 Å². The van der Waals surface area contributed by atoms with Crippen molar-refractivity contribution in [3.05, 3.63) is 66.5 Å². The van der Waals surface area contributed by atoms with Gasteiger partial charge in [0.15, 0.2) is 0 Å². The smallest absolute Gasteiger partial charge is 0.258 e. The molecule has 1 saturated carbocycles. The molecule has 27 heavy (non-hydrogen) atoms. The number of aromatic nitrogens is 3. The molecule has 6 heteroatoms. The number of hydrogen-bond acceptors (Lipinski definition) is 4. The number of anilines is 1. The Hall–Kier alpha value is -3.15. The molecular formula is C21H22N4O2. The Morgan fingerprint density at radius 3 is 2.59 bits per heavy atom. The first-order valence-electron chi connectivity index (χ1n) is 9.33. The Bertz CT molecular complexity index is 884. The molecule has 2 aromatic heterocycles. The minimum absolute atomic E-state index is 0.202. The van der Waals surface area contributed by atoms with E-state index in [0.717, 1.165) is 18.7 Å². The number of para-hydroxylation sites is 1. The summed E-state index contributed by atoms with van der Waals surface area (Å²) in [6.07, 6.45) is 9.18. The van der Waals surface area contributed by atoms with Crippen LogP contribution < -0.4 is 10.1 Å². The SMILES string of the molecule is O=C(Nc1ccnn1C1CCCCC1)c1ccc(Oc2ccccc2)nc1. The zero-order valence-electron chi connectivity index (χ0n) is 15.0. The van der Waals surface area contributed by atoms with Gasteiger partial charge >= 0.3 is 0 Å². The Balaban J connectivity index is 1.42. The van der Waals surface area contributed by atoms with E-state index < -0.39 is 0 Å². The van der Waals surface area contributed by atoms with Crippen LogP contribution in [-0.4, -0.2) is 20.7 Å². The summed E-state index contributed by atoms with van der Waals surface area (Å²) in [5.41, 5.74) is 0.479. The van der Waals surface area contributed by atoms with Crippen molar-refractivity contribution < 1.29 is 9.53 Å². The highest BCUT2D eigenvalue weighted by molar-refractivity contribution is 6.03. The Morgan fingerprint density at radius 2 is 1.85 bits per heavy atom. The lowest BCUT2D eigenvalue weighted by Gasteiger charge is -2.23.